The summed E-state index contributed by atoms with van der Waals surface area (Å²) in [6.07, 6.45) is 3.14. The van der Waals surface area contributed by atoms with Gasteiger partial charge in [-0.15, -0.1) is 0 Å². The van der Waals surface area contributed by atoms with Crippen LogP contribution < -0.4 is 18.9 Å². The van der Waals surface area contributed by atoms with E-state index in [0.717, 1.165) is 61.4 Å². The summed E-state index contributed by atoms with van der Waals surface area (Å²) in [5, 5.41) is 1.75. The van der Waals surface area contributed by atoms with Crippen LogP contribution in [-0.4, -0.2) is 19.7 Å². The van der Waals surface area contributed by atoms with Gasteiger partial charge in [-0.3, -0.25) is 0 Å². The van der Waals surface area contributed by atoms with Gasteiger partial charge in [0.1, 0.15) is 42.0 Å². The highest BCUT2D eigenvalue weighted by Crippen LogP contribution is 2.48. The third-order valence-electron chi connectivity index (χ3n) is 8.07. The molecule has 6 aromatic rings. The number of benzene rings is 6. The number of hydrogen-bond acceptors (Lipinski definition) is 6. The minimum atomic E-state index is -0.378. The molecule has 0 bridgehead atoms. The zero-order chi connectivity index (χ0) is 34.0. The topological polar surface area (TPSA) is 63.2 Å². The Hall–Kier alpha value is -6.01. The lowest BCUT2D eigenvalue weighted by Gasteiger charge is -2.21. The van der Waals surface area contributed by atoms with Gasteiger partial charge < -0.3 is 23.7 Å². The molecule has 0 N–H and O–H groups in total. The fourth-order valence-electron chi connectivity index (χ4n) is 5.66. The molecule has 6 aromatic carbocycles. The maximum atomic E-state index is 11.8. The van der Waals surface area contributed by atoms with Gasteiger partial charge in [0.05, 0.1) is 13.7 Å². The molecule has 0 unspecified atom stereocenters. The van der Waals surface area contributed by atoms with Crippen molar-refractivity contribution in [2.45, 2.75) is 27.1 Å². The third-order valence-corrected chi connectivity index (χ3v) is 8.07. The molecule has 6 nitrogen and oxygen atoms in total. The molecule has 0 saturated heterocycles. The van der Waals surface area contributed by atoms with Crippen molar-refractivity contribution in [1.29, 1.82) is 0 Å². The summed E-state index contributed by atoms with van der Waals surface area (Å²) in [6.45, 7) is 5.09. The van der Waals surface area contributed by atoms with E-state index in [0.29, 0.717) is 31.3 Å². The number of carbonyl (C=O) groups excluding carboxylic acids is 1. The van der Waals surface area contributed by atoms with Crippen LogP contribution in [0.15, 0.2) is 133 Å². The molecule has 0 heterocycles. The average Bonchev–Trinajstić information content (AvgIpc) is 3.14. The SMILES string of the molecule is CCOC(=O)C=Cc1ccc(Oc2c(-c3ccc(OCc4ccccc4)cc3)c(C)c(OC)c3cc(OCc4ccccc4)ccc23)cc1. The van der Waals surface area contributed by atoms with E-state index < -0.39 is 0 Å². The number of esters is 1. The van der Waals surface area contributed by atoms with Crippen LogP contribution in [-0.2, 0) is 22.7 Å². The number of rotatable bonds is 13. The van der Waals surface area contributed by atoms with Crippen molar-refractivity contribution in [1.82, 2.24) is 0 Å². The van der Waals surface area contributed by atoms with Crippen LogP contribution in [0.25, 0.3) is 28.0 Å². The Balaban J connectivity index is 1.37. The van der Waals surface area contributed by atoms with Crippen LogP contribution >= 0.6 is 0 Å². The zero-order valence-corrected chi connectivity index (χ0v) is 27.8. The number of fused-ring (bicyclic) bond motifs is 1. The first-order chi connectivity index (χ1) is 24.0. The Morgan fingerprint density at radius 1 is 0.653 bits per heavy atom. The van der Waals surface area contributed by atoms with Crippen molar-refractivity contribution in [2.24, 2.45) is 0 Å². The van der Waals surface area contributed by atoms with E-state index in [1.807, 2.05) is 134 Å². The van der Waals surface area contributed by atoms with Crippen LogP contribution in [0.5, 0.6) is 28.7 Å². The standard InChI is InChI=1S/C43H38O6/c1-4-46-40(44)26-17-31-15-20-36(21-16-31)49-43-38-25-24-37(48-29-33-13-9-6-10-14-33)27-39(38)42(45-3)30(2)41(43)34-18-22-35(23-19-34)47-28-32-11-7-5-8-12-32/h5-27H,4,28-29H2,1-3H3. The van der Waals surface area contributed by atoms with Crippen LogP contribution in [0, 0.1) is 6.92 Å². The molecule has 0 aliphatic heterocycles. The second-order valence-corrected chi connectivity index (χ2v) is 11.4. The molecule has 6 heteroatoms. The van der Waals surface area contributed by atoms with Gasteiger partial charge in [0.15, 0.2) is 0 Å². The summed E-state index contributed by atoms with van der Waals surface area (Å²) in [5.74, 6) is 3.20. The normalized spacial score (nSPS) is 11.0. The molecule has 246 valence electrons. The number of hydrogen-bond donors (Lipinski definition) is 0. The molecule has 0 atom stereocenters. The van der Waals surface area contributed by atoms with Crippen molar-refractivity contribution in [3.63, 3.8) is 0 Å². The lowest BCUT2D eigenvalue weighted by Crippen LogP contribution is -2.00. The predicted molar refractivity (Wildman–Crippen MR) is 194 cm³/mol. The van der Waals surface area contributed by atoms with Gasteiger partial charge in [0.25, 0.3) is 0 Å². The highest BCUT2D eigenvalue weighted by atomic mass is 16.5. The summed E-state index contributed by atoms with van der Waals surface area (Å²) in [4.78, 5) is 11.8. The Labute approximate surface area is 287 Å². The number of carbonyl (C=O) groups is 1. The molecule has 0 amide bonds. The molecule has 0 aliphatic rings. The molecular formula is C43H38O6. The fourth-order valence-corrected chi connectivity index (χ4v) is 5.66. The van der Waals surface area contributed by atoms with Crippen LogP contribution in [0.4, 0.5) is 0 Å². The van der Waals surface area contributed by atoms with Gasteiger partial charge in [0, 0.05) is 28.0 Å². The largest absolute Gasteiger partial charge is 0.496 e. The van der Waals surface area contributed by atoms with Gasteiger partial charge in [-0.1, -0.05) is 84.9 Å². The molecule has 6 rings (SSSR count). The molecular weight excluding hydrogens is 612 g/mol. The second kappa shape index (κ2) is 15.7. The van der Waals surface area contributed by atoms with Gasteiger partial charge in [-0.2, -0.15) is 0 Å². The summed E-state index contributed by atoms with van der Waals surface area (Å²) in [7, 11) is 1.69. The highest BCUT2D eigenvalue weighted by molar-refractivity contribution is 6.02. The van der Waals surface area contributed by atoms with Crippen LogP contribution in [0.1, 0.15) is 29.2 Å². The van der Waals surface area contributed by atoms with E-state index in [-0.39, 0.29) is 5.97 Å². The third kappa shape index (κ3) is 8.11. The summed E-state index contributed by atoms with van der Waals surface area (Å²) in [6, 6.07) is 41.8. The summed E-state index contributed by atoms with van der Waals surface area (Å²) in [5.41, 5.74) is 5.83. The van der Waals surface area contributed by atoms with Crippen molar-refractivity contribution < 1.29 is 28.5 Å². The summed E-state index contributed by atoms with van der Waals surface area (Å²) >= 11 is 0. The second-order valence-electron chi connectivity index (χ2n) is 11.4. The quantitative estimate of drug-likeness (QED) is 0.0916. The average molecular weight is 651 g/mol. The van der Waals surface area contributed by atoms with E-state index in [1.165, 1.54) is 6.08 Å². The first-order valence-corrected chi connectivity index (χ1v) is 16.2. The molecule has 49 heavy (non-hydrogen) atoms. The number of methoxy groups -OCH3 is 1. The van der Waals surface area contributed by atoms with Gasteiger partial charge >= 0.3 is 5.97 Å². The monoisotopic (exact) mass is 650 g/mol. The van der Waals surface area contributed by atoms with E-state index >= 15 is 0 Å². The van der Waals surface area contributed by atoms with Gasteiger partial charge in [0.2, 0.25) is 0 Å². The fraction of sp³-hybridized carbons (Fsp3) is 0.140. The predicted octanol–water partition coefficient (Wildman–Crippen LogP) is 10.4. The summed E-state index contributed by atoms with van der Waals surface area (Å²) < 4.78 is 30.1. The van der Waals surface area contributed by atoms with E-state index in [4.69, 9.17) is 23.7 Å². The molecule has 0 spiro atoms. The Morgan fingerprint density at radius 2 is 1.24 bits per heavy atom. The Kier molecular flexibility index (Phi) is 10.6. The highest BCUT2D eigenvalue weighted by Gasteiger charge is 2.22. The van der Waals surface area contributed by atoms with Crippen LogP contribution in [0.2, 0.25) is 0 Å². The van der Waals surface area contributed by atoms with Gasteiger partial charge in [-0.05, 0) is 84.6 Å². The first kappa shape index (κ1) is 32.9. The smallest absolute Gasteiger partial charge is 0.330 e. The number of ether oxygens (including phenoxy) is 5. The molecule has 0 saturated carbocycles. The van der Waals surface area contributed by atoms with Crippen molar-refractivity contribution >= 4 is 22.8 Å². The maximum absolute atomic E-state index is 11.8. The Bertz CT molecular complexity index is 2030. The van der Waals surface area contributed by atoms with Crippen molar-refractivity contribution in [3.8, 4) is 39.9 Å². The lowest BCUT2D eigenvalue weighted by atomic mass is 9.93. The lowest BCUT2D eigenvalue weighted by molar-refractivity contribution is -0.137. The van der Waals surface area contributed by atoms with E-state index in [9.17, 15) is 4.79 Å². The minimum absolute atomic E-state index is 0.331. The van der Waals surface area contributed by atoms with E-state index in [1.54, 1.807) is 20.1 Å². The molecule has 0 aliphatic carbocycles. The molecule has 0 aromatic heterocycles. The molecule has 0 fully saturated rings. The van der Waals surface area contributed by atoms with Crippen molar-refractivity contribution in [3.05, 3.63) is 156 Å². The van der Waals surface area contributed by atoms with E-state index in [2.05, 4.69) is 0 Å². The molecule has 0 radical (unpaired) electrons. The minimum Gasteiger partial charge on any atom is -0.496 e. The maximum Gasteiger partial charge on any atom is 0.330 e. The zero-order valence-electron chi connectivity index (χ0n) is 27.8. The van der Waals surface area contributed by atoms with Gasteiger partial charge in [-0.25, -0.2) is 4.79 Å². The van der Waals surface area contributed by atoms with Crippen LogP contribution in [0.3, 0.4) is 0 Å². The Morgan fingerprint density at radius 3 is 1.86 bits per heavy atom. The first-order valence-electron chi connectivity index (χ1n) is 16.2. The van der Waals surface area contributed by atoms with Crippen molar-refractivity contribution in [2.75, 3.05) is 13.7 Å².